The molecule has 2 aromatic heterocycles. The second kappa shape index (κ2) is 9.78. The number of carbonyl (C=O) groups is 1. The topological polar surface area (TPSA) is 80.7 Å². The van der Waals surface area contributed by atoms with Crippen molar-refractivity contribution >= 4 is 43.6 Å². The standard InChI is InChI=1S/C24H25N5O3S/c1-31-17-7-8-22-20(15-17)27-24(33-22)29(10-4-9-28-11-13-32-14-12-28)23(30)21-16-25-18-5-2-3-6-19(18)26-21/h2-3,5-8,15-16H,4,9-14H2,1H3. The van der Waals surface area contributed by atoms with Crippen LogP contribution in [0, 0.1) is 0 Å². The predicted octanol–water partition coefficient (Wildman–Crippen LogP) is 3.62. The molecule has 4 aromatic rings. The fourth-order valence-electron chi connectivity index (χ4n) is 3.90. The Balaban J connectivity index is 1.43. The highest BCUT2D eigenvalue weighted by Gasteiger charge is 2.23. The van der Waals surface area contributed by atoms with Crippen molar-refractivity contribution in [2.75, 3.05) is 51.4 Å². The summed E-state index contributed by atoms with van der Waals surface area (Å²) in [5.41, 5.74) is 2.59. The molecule has 1 amide bonds. The van der Waals surface area contributed by atoms with Crippen molar-refractivity contribution < 1.29 is 14.3 Å². The lowest BCUT2D eigenvalue weighted by Gasteiger charge is -2.27. The van der Waals surface area contributed by atoms with Gasteiger partial charge in [-0.2, -0.15) is 0 Å². The molecule has 170 valence electrons. The van der Waals surface area contributed by atoms with Gasteiger partial charge in [0.15, 0.2) is 5.13 Å². The molecule has 1 saturated heterocycles. The van der Waals surface area contributed by atoms with Gasteiger partial charge >= 0.3 is 0 Å². The Hall–Kier alpha value is -3.14. The number of hydrogen-bond donors (Lipinski definition) is 0. The average molecular weight is 464 g/mol. The molecule has 1 aliphatic heterocycles. The largest absolute Gasteiger partial charge is 0.497 e. The summed E-state index contributed by atoms with van der Waals surface area (Å²) >= 11 is 1.49. The summed E-state index contributed by atoms with van der Waals surface area (Å²) < 4.78 is 11.8. The molecule has 0 aliphatic carbocycles. The van der Waals surface area contributed by atoms with Crippen LogP contribution in [0.4, 0.5) is 5.13 Å². The minimum absolute atomic E-state index is 0.193. The van der Waals surface area contributed by atoms with Gasteiger partial charge in [-0.3, -0.25) is 19.6 Å². The number of methoxy groups -OCH3 is 1. The number of amides is 1. The van der Waals surface area contributed by atoms with Crippen molar-refractivity contribution in [2.24, 2.45) is 0 Å². The molecule has 8 nitrogen and oxygen atoms in total. The number of fused-ring (bicyclic) bond motifs is 2. The zero-order valence-electron chi connectivity index (χ0n) is 18.4. The Morgan fingerprint density at radius 3 is 2.76 bits per heavy atom. The normalized spacial score (nSPS) is 14.6. The van der Waals surface area contributed by atoms with E-state index >= 15 is 0 Å². The van der Waals surface area contributed by atoms with Crippen LogP contribution in [0.2, 0.25) is 0 Å². The molecule has 0 radical (unpaired) electrons. The molecule has 2 aromatic carbocycles. The Labute approximate surface area is 195 Å². The lowest BCUT2D eigenvalue weighted by molar-refractivity contribution is 0.0376. The Bertz CT molecular complexity index is 1270. The van der Waals surface area contributed by atoms with Crippen molar-refractivity contribution in [2.45, 2.75) is 6.42 Å². The highest BCUT2D eigenvalue weighted by atomic mass is 32.1. The van der Waals surface area contributed by atoms with Gasteiger partial charge in [0.1, 0.15) is 11.4 Å². The zero-order chi connectivity index (χ0) is 22.6. The van der Waals surface area contributed by atoms with Gasteiger partial charge in [0.25, 0.3) is 5.91 Å². The number of hydrogen-bond acceptors (Lipinski definition) is 8. The molecular weight excluding hydrogens is 438 g/mol. The maximum absolute atomic E-state index is 13.6. The van der Waals surface area contributed by atoms with Gasteiger partial charge in [-0.1, -0.05) is 23.5 Å². The number of ether oxygens (including phenoxy) is 2. The quantitative estimate of drug-likeness (QED) is 0.414. The van der Waals surface area contributed by atoms with Crippen molar-refractivity contribution in [3.63, 3.8) is 0 Å². The van der Waals surface area contributed by atoms with Crippen molar-refractivity contribution in [3.05, 3.63) is 54.4 Å². The van der Waals surface area contributed by atoms with E-state index in [0.717, 1.165) is 60.8 Å². The summed E-state index contributed by atoms with van der Waals surface area (Å²) in [5, 5.41) is 0.653. The first-order chi connectivity index (χ1) is 16.2. The summed E-state index contributed by atoms with van der Waals surface area (Å²) in [7, 11) is 1.63. The highest BCUT2D eigenvalue weighted by molar-refractivity contribution is 7.22. The number of benzene rings is 2. The monoisotopic (exact) mass is 463 g/mol. The van der Waals surface area contributed by atoms with E-state index < -0.39 is 0 Å². The molecule has 3 heterocycles. The molecule has 1 fully saturated rings. The van der Waals surface area contributed by atoms with Crippen LogP contribution < -0.4 is 9.64 Å². The first-order valence-electron chi connectivity index (χ1n) is 11.0. The molecule has 33 heavy (non-hydrogen) atoms. The smallest absolute Gasteiger partial charge is 0.280 e. The van der Waals surface area contributed by atoms with Crippen LogP contribution in [-0.2, 0) is 4.74 Å². The minimum Gasteiger partial charge on any atom is -0.497 e. The van der Waals surface area contributed by atoms with E-state index in [1.807, 2.05) is 42.5 Å². The van der Waals surface area contributed by atoms with Crippen molar-refractivity contribution in [3.8, 4) is 5.75 Å². The third-order valence-corrected chi connectivity index (χ3v) is 6.75. The third kappa shape index (κ3) is 4.80. The van der Waals surface area contributed by atoms with E-state index in [9.17, 15) is 4.79 Å². The SMILES string of the molecule is COc1ccc2sc(N(CCCN3CCOCC3)C(=O)c3cnc4ccccc4n3)nc2c1. The Kier molecular flexibility index (Phi) is 6.43. The first kappa shape index (κ1) is 21.7. The van der Waals surface area contributed by atoms with Crippen LogP contribution >= 0.6 is 11.3 Å². The van der Waals surface area contributed by atoms with Gasteiger partial charge in [0, 0.05) is 32.2 Å². The Morgan fingerprint density at radius 1 is 1.12 bits per heavy atom. The highest BCUT2D eigenvalue weighted by Crippen LogP contribution is 2.32. The predicted molar refractivity (Wildman–Crippen MR) is 129 cm³/mol. The molecule has 0 atom stereocenters. The molecule has 5 rings (SSSR count). The molecule has 0 N–H and O–H groups in total. The lowest BCUT2D eigenvalue weighted by atomic mass is 10.2. The number of para-hydroxylation sites is 2. The molecule has 0 bridgehead atoms. The molecule has 0 saturated carbocycles. The van der Waals surface area contributed by atoms with Crippen molar-refractivity contribution in [1.82, 2.24) is 19.9 Å². The van der Waals surface area contributed by atoms with Gasteiger partial charge < -0.3 is 9.47 Å². The summed E-state index contributed by atoms with van der Waals surface area (Å²) in [6.07, 6.45) is 2.38. The van der Waals surface area contributed by atoms with E-state index in [-0.39, 0.29) is 5.91 Å². The molecular formula is C24H25N5O3S. The summed E-state index contributed by atoms with van der Waals surface area (Å²) in [5.74, 6) is 0.547. The van der Waals surface area contributed by atoms with E-state index in [0.29, 0.717) is 22.9 Å². The fraction of sp³-hybridized carbons (Fsp3) is 0.333. The number of thiazole rings is 1. The summed E-state index contributed by atoms with van der Waals surface area (Å²) in [6, 6.07) is 13.3. The maximum Gasteiger partial charge on any atom is 0.280 e. The van der Waals surface area contributed by atoms with Gasteiger partial charge in [-0.25, -0.2) is 9.97 Å². The van der Waals surface area contributed by atoms with E-state index in [1.54, 1.807) is 18.2 Å². The van der Waals surface area contributed by atoms with Gasteiger partial charge in [-0.05, 0) is 30.7 Å². The molecule has 0 unspecified atom stereocenters. The number of carbonyl (C=O) groups excluding carboxylic acids is 1. The number of nitrogens with zero attached hydrogens (tertiary/aromatic N) is 5. The van der Waals surface area contributed by atoms with Gasteiger partial charge in [0.05, 0.1) is 47.8 Å². The molecule has 0 spiro atoms. The van der Waals surface area contributed by atoms with E-state index in [4.69, 9.17) is 14.5 Å². The van der Waals surface area contributed by atoms with Gasteiger partial charge in [0.2, 0.25) is 0 Å². The van der Waals surface area contributed by atoms with Crippen LogP contribution in [0.5, 0.6) is 5.75 Å². The molecule has 9 heteroatoms. The van der Waals surface area contributed by atoms with Crippen LogP contribution in [0.3, 0.4) is 0 Å². The van der Waals surface area contributed by atoms with E-state index in [1.165, 1.54) is 11.3 Å². The van der Waals surface area contributed by atoms with Crippen LogP contribution in [-0.4, -0.2) is 72.3 Å². The number of morpholine rings is 1. The second-order valence-electron chi connectivity index (χ2n) is 7.84. The third-order valence-electron chi connectivity index (χ3n) is 5.69. The number of rotatable bonds is 7. The second-order valence-corrected chi connectivity index (χ2v) is 8.85. The van der Waals surface area contributed by atoms with Crippen molar-refractivity contribution in [1.29, 1.82) is 0 Å². The van der Waals surface area contributed by atoms with Crippen LogP contribution in [0.25, 0.3) is 21.3 Å². The van der Waals surface area contributed by atoms with Crippen LogP contribution in [0.15, 0.2) is 48.7 Å². The summed E-state index contributed by atoms with van der Waals surface area (Å²) in [4.78, 5) is 31.5. The zero-order valence-corrected chi connectivity index (χ0v) is 19.3. The Morgan fingerprint density at radius 2 is 1.94 bits per heavy atom. The number of aromatic nitrogens is 3. The molecule has 1 aliphatic rings. The maximum atomic E-state index is 13.6. The van der Waals surface area contributed by atoms with Gasteiger partial charge in [-0.15, -0.1) is 0 Å². The van der Waals surface area contributed by atoms with Crippen LogP contribution in [0.1, 0.15) is 16.9 Å². The fourth-order valence-corrected chi connectivity index (χ4v) is 4.87. The lowest BCUT2D eigenvalue weighted by Crippen LogP contribution is -2.39. The summed E-state index contributed by atoms with van der Waals surface area (Å²) in [6.45, 7) is 4.80. The van der Waals surface area contributed by atoms with E-state index in [2.05, 4.69) is 14.9 Å². The minimum atomic E-state index is -0.193. The number of anilines is 1. The average Bonchev–Trinajstić information content (AvgIpc) is 3.29. The first-order valence-corrected chi connectivity index (χ1v) is 11.8.